The van der Waals surface area contributed by atoms with Crippen LogP contribution in [0.25, 0.3) is 16.5 Å². The van der Waals surface area contributed by atoms with Crippen LogP contribution in [0.3, 0.4) is 0 Å². The van der Waals surface area contributed by atoms with Crippen molar-refractivity contribution >= 4 is 28.4 Å². The number of amides is 2. The van der Waals surface area contributed by atoms with E-state index in [4.69, 9.17) is 9.84 Å². The number of carbonyl (C=O) groups excluding carboxylic acids is 2. The van der Waals surface area contributed by atoms with Crippen molar-refractivity contribution < 1.29 is 14.3 Å². The van der Waals surface area contributed by atoms with Gasteiger partial charge in [-0.3, -0.25) is 9.59 Å². The Hall–Kier alpha value is -3.97. The third-order valence-electron chi connectivity index (χ3n) is 6.41. The van der Waals surface area contributed by atoms with Gasteiger partial charge < -0.3 is 15.0 Å². The van der Waals surface area contributed by atoms with Gasteiger partial charge in [0.25, 0.3) is 5.91 Å². The molecule has 0 aliphatic rings. The molecule has 0 spiro atoms. The van der Waals surface area contributed by atoms with Gasteiger partial charge in [0.2, 0.25) is 5.91 Å². The number of ether oxygens (including phenoxy) is 1. The number of nitrogens with zero attached hydrogens (tertiary/aromatic N) is 3. The topological polar surface area (TPSA) is 76.5 Å². The van der Waals surface area contributed by atoms with Crippen LogP contribution < -0.4 is 5.32 Å². The second-order valence-corrected chi connectivity index (χ2v) is 10.6. The molecular weight excluding hydrogens is 476 g/mol. The molecule has 4 aromatic rings. The van der Waals surface area contributed by atoms with Crippen LogP contribution in [-0.4, -0.2) is 53.3 Å². The van der Waals surface area contributed by atoms with Crippen molar-refractivity contribution in [2.24, 2.45) is 0 Å². The van der Waals surface area contributed by atoms with Crippen LogP contribution in [0.5, 0.6) is 0 Å². The molecule has 0 fully saturated rings. The predicted octanol–water partition coefficient (Wildman–Crippen LogP) is 5.75. The SMILES string of the molecule is COCCCN(CC(=O)Nc1cc(C(C)(C)C)nn1-c1cccc(C)c1)C(=O)c1cccc2ccccc12. The summed E-state index contributed by atoms with van der Waals surface area (Å²) in [6, 6.07) is 23.3. The molecule has 0 saturated heterocycles. The number of methoxy groups -OCH3 is 1. The smallest absolute Gasteiger partial charge is 0.254 e. The Morgan fingerprint density at radius 3 is 2.47 bits per heavy atom. The molecule has 198 valence electrons. The Labute approximate surface area is 224 Å². The Kier molecular flexibility index (Phi) is 8.27. The maximum absolute atomic E-state index is 13.7. The third-order valence-corrected chi connectivity index (χ3v) is 6.41. The number of anilines is 1. The normalized spacial score (nSPS) is 11.5. The molecule has 0 radical (unpaired) electrons. The van der Waals surface area contributed by atoms with Crippen LogP contribution in [0.1, 0.15) is 48.8 Å². The summed E-state index contributed by atoms with van der Waals surface area (Å²) in [6.45, 7) is 9.08. The number of hydrogen-bond acceptors (Lipinski definition) is 4. The highest BCUT2D eigenvalue weighted by Crippen LogP contribution is 2.27. The highest BCUT2D eigenvalue weighted by atomic mass is 16.5. The summed E-state index contributed by atoms with van der Waals surface area (Å²) in [6.07, 6.45) is 0.621. The standard InChI is InChI=1S/C31H36N4O3/c1-22-11-8-14-24(19-22)35-28(20-27(33-35)31(2,3)4)32-29(36)21-34(17-10-18-38-5)30(37)26-16-9-13-23-12-6-7-15-25(23)26/h6-9,11-16,19-20H,10,17-18,21H2,1-5H3,(H,32,36). The van der Waals surface area contributed by atoms with Crippen molar-refractivity contribution in [1.82, 2.24) is 14.7 Å². The number of carbonyl (C=O) groups is 2. The van der Waals surface area contributed by atoms with E-state index >= 15 is 0 Å². The van der Waals surface area contributed by atoms with Gasteiger partial charge in [-0.25, -0.2) is 4.68 Å². The quantitative estimate of drug-likeness (QED) is 0.290. The van der Waals surface area contributed by atoms with Crippen LogP contribution in [0.4, 0.5) is 5.82 Å². The molecule has 4 rings (SSSR count). The van der Waals surface area contributed by atoms with Gasteiger partial charge in [0.05, 0.1) is 11.4 Å². The zero-order chi connectivity index (χ0) is 27.3. The first-order chi connectivity index (χ1) is 18.2. The lowest BCUT2D eigenvalue weighted by molar-refractivity contribution is -0.117. The van der Waals surface area contributed by atoms with Gasteiger partial charge in [-0.15, -0.1) is 0 Å². The maximum Gasteiger partial charge on any atom is 0.254 e. The molecule has 1 heterocycles. The first-order valence-electron chi connectivity index (χ1n) is 12.9. The van der Waals surface area contributed by atoms with Gasteiger partial charge in [0.1, 0.15) is 12.4 Å². The minimum Gasteiger partial charge on any atom is -0.385 e. The Balaban J connectivity index is 1.62. The third kappa shape index (κ3) is 6.29. The summed E-state index contributed by atoms with van der Waals surface area (Å²) >= 11 is 0. The highest BCUT2D eigenvalue weighted by molar-refractivity contribution is 6.08. The molecule has 1 aromatic heterocycles. The van der Waals surface area contributed by atoms with Gasteiger partial charge in [0, 0.05) is 37.3 Å². The minimum atomic E-state index is -0.287. The van der Waals surface area contributed by atoms with Crippen molar-refractivity contribution in [1.29, 1.82) is 0 Å². The zero-order valence-corrected chi connectivity index (χ0v) is 22.8. The number of benzene rings is 3. The fourth-order valence-corrected chi connectivity index (χ4v) is 4.38. The molecule has 7 heteroatoms. The van der Waals surface area contributed by atoms with Gasteiger partial charge >= 0.3 is 0 Å². The van der Waals surface area contributed by atoms with Crippen molar-refractivity contribution in [3.05, 3.63) is 89.6 Å². The molecule has 3 aromatic carbocycles. The number of hydrogen-bond donors (Lipinski definition) is 1. The summed E-state index contributed by atoms with van der Waals surface area (Å²) in [5.41, 5.74) is 3.19. The fourth-order valence-electron chi connectivity index (χ4n) is 4.38. The van der Waals surface area contributed by atoms with E-state index in [-0.39, 0.29) is 23.8 Å². The number of nitrogens with one attached hydrogen (secondary N) is 1. The Morgan fingerprint density at radius 1 is 1.00 bits per heavy atom. The fraction of sp³-hybridized carbons (Fsp3) is 0.323. The molecule has 0 aliphatic heterocycles. The van der Waals surface area contributed by atoms with Crippen LogP contribution in [0.2, 0.25) is 0 Å². The predicted molar refractivity (Wildman–Crippen MR) is 152 cm³/mol. The Morgan fingerprint density at radius 2 is 1.74 bits per heavy atom. The second-order valence-electron chi connectivity index (χ2n) is 10.6. The van der Waals surface area contributed by atoms with Crippen molar-refractivity contribution in [2.45, 2.75) is 39.5 Å². The molecule has 2 amide bonds. The molecule has 38 heavy (non-hydrogen) atoms. The van der Waals surface area contributed by atoms with E-state index in [0.29, 0.717) is 31.0 Å². The second kappa shape index (κ2) is 11.6. The molecule has 0 atom stereocenters. The van der Waals surface area contributed by atoms with Crippen LogP contribution in [-0.2, 0) is 14.9 Å². The summed E-state index contributed by atoms with van der Waals surface area (Å²) in [7, 11) is 1.63. The van der Waals surface area contributed by atoms with Gasteiger partial charge in [-0.2, -0.15) is 5.10 Å². The molecule has 0 saturated carbocycles. The molecular formula is C31H36N4O3. The largest absolute Gasteiger partial charge is 0.385 e. The number of rotatable bonds is 9. The van der Waals surface area contributed by atoms with Crippen molar-refractivity contribution in [3.8, 4) is 5.69 Å². The van der Waals surface area contributed by atoms with E-state index in [9.17, 15) is 9.59 Å². The molecule has 7 nitrogen and oxygen atoms in total. The summed E-state index contributed by atoms with van der Waals surface area (Å²) in [5.74, 6) is 0.0980. The zero-order valence-electron chi connectivity index (χ0n) is 22.8. The van der Waals surface area contributed by atoms with E-state index in [1.54, 1.807) is 16.7 Å². The lowest BCUT2D eigenvalue weighted by atomic mass is 9.92. The lowest BCUT2D eigenvalue weighted by Gasteiger charge is -2.23. The van der Waals surface area contributed by atoms with Gasteiger partial charge in [0.15, 0.2) is 0 Å². The van der Waals surface area contributed by atoms with Crippen molar-refractivity contribution in [2.75, 3.05) is 32.1 Å². The molecule has 1 N–H and O–H groups in total. The summed E-state index contributed by atoms with van der Waals surface area (Å²) in [4.78, 5) is 28.7. The van der Waals surface area contributed by atoms with E-state index < -0.39 is 0 Å². The first-order valence-corrected chi connectivity index (χ1v) is 12.9. The van der Waals surface area contributed by atoms with Gasteiger partial charge in [-0.05, 0) is 47.9 Å². The van der Waals surface area contributed by atoms with Crippen LogP contribution >= 0.6 is 0 Å². The molecule has 0 aliphatic carbocycles. The monoisotopic (exact) mass is 512 g/mol. The maximum atomic E-state index is 13.7. The van der Waals surface area contributed by atoms with E-state index in [0.717, 1.165) is 27.7 Å². The van der Waals surface area contributed by atoms with E-state index in [2.05, 4.69) is 26.1 Å². The highest BCUT2D eigenvalue weighted by Gasteiger charge is 2.24. The average Bonchev–Trinajstić information content (AvgIpc) is 3.32. The summed E-state index contributed by atoms with van der Waals surface area (Å²) < 4.78 is 6.96. The van der Waals surface area contributed by atoms with Crippen molar-refractivity contribution in [3.63, 3.8) is 0 Å². The van der Waals surface area contributed by atoms with E-state index in [1.807, 2.05) is 79.7 Å². The average molecular weight is 513 g/mol. The van der Waals surface area contributed by atoms with Gasteiger partial charge in [-0.1, -0.05) is 69.3 Å². The minimum absolute atomic E-state index is 0.0877. The van der Waals surface area contributed by atoms with Crippen LogP contribution in [0, 0.1) is 6.92 Å². The Bertz CT molecular complexity index is 1430. The number of fused-ring (bicyclic) bond motifs is 1. The molecule has 0 unspecified atom stereocenters. The lowest BCUT2D eigenvalue weighted by Crippen LogP contribution is -2.39. The van der Waals surface area contributed by atoms with Crippen LogP contribution in [0.15, 0.2) is 72.8 Å². The molecule has 0 bridgehead atoms. The number of aryl methyl sites for hydroxylation is 1. The summed E-state index contributed by atoms with van der Waals surface area (Å²) in [5, 5.41) is 9.68. The van der Waals surface area contributed by atoms with E-state index in [1.165, 1.54) is 0 Å². The first kappa shape index (κ1) is 27.1. The number of aromatic nitrogens is 2.